The molecule has 1 atom stereocenters. The van der Waals surface area contributed by atoms with Crippen LogP contribution in [-0.4, -0.2) is 25.0 Å². The summed E-state index contributed by atoms with van der Waals surface area (Å²) >= 11 is 5.88. The SMILES string of the molecule is CC(NC(=O)COc1cccc(N2CCCC2=O)c1)c1ccc(Cl)cc1. The second-order valence-electron chi connectivity index (χ2n) is 6.28. The zero-order valence-corrected chi connectivity index (χ0v) is 15.3. The normalized spacial score (nSPS) is 15.0. The number of carbonyl (C=O) groups is 2. The maximum atomic E-state index is 12.1. The summed E-state index contributed by atoms with van der Waals surface area (Å²) in [6.07, 6.45) is 1.45. The highest BCUT2D eigenvalue weighted by atomic mass is 35.5. The summed E-state index contributed by atoms with van der Waals surface area (Å²) in [6.45, 7) is 2.54. The monoisotopic (exact) mass is 372 g/mol. The van der Waals surface area contributed by atoms with E-state index in [0.717, 1.165) is 24.2 Å². The van der Waals surface area contributed by atoms with Crippen molar-refractivity contribution < 1.29 is 14.3 Å². The number of carbonyl (C=O) groups excluding carboxylic acids is 2. The molecule has 1 unspecified atom stereocenters. The molecule has 0 spiro atoms. The molecule has 1 heterocycles. The number of amides is 2. The first-order valence-corrected chi connectivity index (χ1v) is 8.99. The number of nitrogens with zero attached hydrogens (tertiary/aromatic N) is 1. The molecule has 2 amide bonds. The van der Waals surface area contributed by atoms with Crippen LogP contribution in [0.15, 0.2) is 48.5 Å². The summed E-state index contributed by atoms with van der Waals surface area (Å²) < 4.78 is 5.59. The number of halogens is 1. The molecule has 2 aromatic carbocycles. The highest BCUT2D eigenvalue weighted by Gasteiger charge is 2.21. The third-order valence-electron chi connectivity index (χ3n) is 4.32. The van der Waals surface area contributed by atoms with Crippen LogP contribution < -0.4 is 15.0 Å². The maximum absolute atomic E-state index is 12.1. The van der Waals surface area contributed by atoms with Crippen molar-refractivity contribution in [1.29, 1.82) is 0 Å². The van der Waals surface area contributed by atoms with Crippen molar-refractivity contribution in [3.8, 4) is 5.75 Å². The lowest BCUT2D eigenvalue weighted by Gasteiger charge is -2.17. The molecule has 136 valence electrons. The van der Waals surface area contributed by atoms with E-state index in [-0.39, 0.29) is 24.5 Å². The molecule has 1 saturated heterocycles. The van der Waals surface area contributed by atoms with Crippen LogP contribution in [0.4, 0.5) is 5.69 Å². The molecule has 2 aromatic rings. The summed E-state index contributed by atoms with van der Waals surface area (Å²) in [6, 6.07) is 14.5. The van der Waals surface area contributed by atoms with Crippen molar-refractivity contribution in [1.82, 2.24) is 5.32 Å². The van der Waals surface area contributed by atoms with E-state index in [0.29, 0.717) is 17.2 Å². The summed E-state index contributed by atoms with van der Waals surface area (Å²) in [7, 11) is 0. The lowest BCUT2D eigenvalue weighted by Crippen LogP contribution is -2.31. The molecule has 0 saturated carbocycles. The minimum atomic E-state index is -0.213. The highest BCUT2D eigenvalue weighted by molar-refractivity contribution is 6.30. The van der Waals surface area contributed by atoms with Gasteiger partial charge in [0.2, 0.25) is 5.91 Å². The molecule has 5 nitrogen and oxygen atoms in total. The number of hydrogen-bond acceptors (Lipinski definition) is 3. The van der Waals surface area contributed by atoms with E-state index in [4.69, 9.17) is 16.3 Å². The number of ether oxygens (including phenoxy) is 1. The number of anilines is 1. The lowest BCUT2D eigenvalue weighted by atomic mass is 10.1. The van der Waals surface area contributed by atoms with Gasteiger partial charge in [-0.2, -0.15) is 0 Å². The largest absolute Gasteiger partial charge is 0.484 e. The van der Waals surface area contributed by atoms with E-state index in [2.05, 4.69) is 5.32 Å². The number of rotatable bonds is 6. The zero-order chi connectivity index (χ0) is 18.5. The first-order valence-electron chi connectivity index (χ1n) is 8.61. The van der Waals surface area contributed by atoms with Crippen LogP contribution in [0.3, 0.4) is 0 Å². The first-order chi connectivity index (χ1) is 12.5. The van der Waals surface area contributed by atoms with Crippen molar-refractivity contribution >= 4 is 29.1 Å². The van der Waals surface area contributed by atoms with E-state index >= 15 is 0 Å². The van der Waals surface area contributed by atoms with Crippen LogP contribution in [0.2, 0.25) is 5.02 Å². The molecule has 1 aliphatic heterocycles. The predicted molar refractivity (Wildman–Crippen MR) is 102 cm³/mol. The fourth-order valence-corrected chi connectivity index (χ4v) is 3.06. The van der Waals surface area contributed by atoms with Gasteiger partial charge >= 0.3 is 0 Å². The maximum Gasteiger partial charge on any atom is 0.258 e. The van der Waals surface area contributed by atoms with Gasteiger partial charge in [0, 0.05) is 29.7 Å². The van der Waals surface area contributed by atoms with E-state index in [1.807, 2.05) is 31.2 Å². The second kappa shape index (κ2) is 8.23. The van der Waals surface area contributed by atoms with Gasteiger partial charge < -0.3 is 15.0 Å². The van der Waals surface area contributed by atoms with Gasteiger partial charge in [-0.25, -0.2) is 0 Å². The Morgan fingerprint density at radius 2 is 2.04 bits per heavy atom. The Hall–Kier alpha value is -2.53. The van der Waals surface area contributed by atoms with Crippen molar-refractivity contribution in [2.75, 3.05) is 18.1 Å². The molecule has 0 radical (unpaired) electrons. The Kier molecular flexibility index (Phi) is 5.78. The Morgan fingerprint density at radius 3 is 2.73 bits per heavy atom. The number of hydrogen-bond donors (Lipinski definition) is 1. The molecule has 1 N–H and O–H groups in total. The smallest absolute Gasteiger partial charge is 0.258 e. The molecule has 0 aliphatic carbocycles. The molecule has 1 aliphatic rings. The summed E-state index contributed by atoms with van der Waals surface area (Å²) in [4.78, 5) is 25.7. The average Bonchev–Trinajstić information content (AvgIpc) is 3.07. The Labute approximate surface area is 157 Å². The van der Waals surface area contributed by atoms with E-state index in [1.165, 1.54) is 0 Å². The molecule has 3 rings (SSSR count). The first kappa shape index (κ1) is 18.3. The Bertz CT molecular complexity index is 792. The van der Waals surface area contributed by atoms with Crippen LogP contribution >= 0.6 is 11.6 Å². The van der Waals surface area contributed by atoms with Crippen LogP contribution in [0, 0.1) is 0 Å². The minimum absolute atomic E-state index is 0.0880. The van der Waals surface area contributed by atoms with Crippen LogP contribution in [0.25, 0.3) is 0 Å². The van der Waals surface area contributed by atoms with Gasteiger partial charge in [0.15, 0.2) is 6.61 Å². The molecular weight excluding hydrogens is 352 g/mol. The Balaban J connectivity index is 1.54. The highest BCUT2D eigenvalue weighted by Crippen LogP contribution is 2.25. The van der Waals surface area contributed by atoms with Crippen molar-refractivity contribution in [2.45, 2.75) is 25.8 Å². The second-order valence-corrected chi connectivity index (χ2v) is 6.71. The fraction of sp³-hybridized carbons (Fsp3) is 0.300. The predicted octanol–water partition coefficient (Wildman–Crippen LogP) is 3.72. The lowest BCUT2D eigenvalue weighted by molar-refractivity contribution is -0.123. The number of nitrogens with one attached hydrogen (secondary N) is 1. The molecule has 26 heavy (non-hydrogen) atoms. The summed E-state index contributed by atoms with van der Waals surface area (Å²) in [5.41, 5.74) is 1.78. The van der Waals surface area contributed by atoms with Gasteiger partial charge in [-0.05, 0) is 43.2 Å². The van der Waals surface area contributed by atoms with Crippen LogP contribution in [0.5, 0.6) is 5.75 Å². The standard InChI is InChI=1S/C20H21ClN2O3/c1-14(15-7-9-16(21)10-8-15)22-19(24)13-26-18-5-2-4-17(12-18)23-11-3-6-20(23)25/h2,4-5,7-10,12,14H,3,6,11,13H2,1H3,(H,22,24). The van der Waals surface area contributed by atoms with Gasteiger partial charge in [-0.3, -0.25) is 9.59 Å². The number of benzene rings is 2. The summed E-state index contributed by atoms with van der Waals surface area (Å²) in [5.74, 6) is 0.475. The topological polar surface area (TPSA) is 58.6 Å². The zero-order valence-electron chi connectivity index (χ0n) is 14.6. The van der Waals surface area contributed by atoms with E-state index in [9.17, 15) is 9.59 Å². The van der Waals surface area contributed by atoms with Crippen molar-refractivity contribution in [3.05, 3.63) is 59.1 Å². The third kappa shape index (κ3) is 4.55. The molecule has 6 heteroatoms. The van der Waals surface area contributed by atoms with E-state index in [1.54, 1.807) is 29.2 Å². The molecular formula is C20H21ClN2O3. The minimum Gasteiger partial charge on any atom is -0.484 e. The third-order valence-corrected chi connectivity index (χ3v) is 4.57. The molecule has 1 fully saturated rings. The van der Waals surface area contributed by atoms with Gasteiger partial charge in [0.25, 0.3) is 5.91 Å². The van der Waals surface area contributed by atoms with Crippen LogP contribution in [0.1, 0.15) is 31.4 Å². The summed E-state index contributed by atoms with van der Waals surface area (Å²) in [5, 5.41) is 3.55. The quantitative estimate of drug-likeness (QED) is 0.840. The molecule has 0 aromatic heterocycles. The van der Waals surface area contributed by atoms with Crippen LogP contribution in [-0.2, 0) is 9.59 Å². The Morgan fingerprint density at radius 1 is 1.27 bits per heavy atom. The van der Waals surface area contributed by atoms with Crippen molar-refractivity contribution in [3.63, 3.8) is 0 Å². The van der Waals surface area contributed by atoms with Gasteiger partial charge in [0.1, 0.15) is 5.75 Å². The van der Waals surface area contributed by atoms with Gasteiger partial charge in [0.05, 0.1) is 6.04 Å². The van der Waals surface area contributed by atoms with Gasteiger partial charge in [-0.15, -0.1) is 0 Å². The average molecular weight is 373 g/mol. The molecule has 0 bridgehead atoms. The van der Waals surface area contributed by atoms with E-state index < -0.39 is 0 Å². The van der Waals surface area contributed by atoms with Gasteiger partial charge in [-0.1, -0.05) is 29.8 Å². The fourth-order valence-electron chi connectivity index (χ4n) is 2.93. The van der Waals surface area contributed by atoms with Crippen molar-refractivity contribution in [2.24, 2.45) is 0 Å².